The Hall–Kier alpha value is -0.550. The Kier molecular flexibility index (Phi) is 3.86. The number of fused-ring (bicyclic) bond motifs is 1. The molecule has 0 spiro atoms. The van der Waals surface area contributed by atoms with Gasteiger partial charge in [0.2, 0.25) is 0 Å². The fourth-order valence-corrected chi connectivity index (χ4v) is 3.66. The lowest BCUT2D eigenvalue weighted by atomic mass is 10.2. The smallest absolute Gasteiger partial charge is 0.410 e. The van der Waals surface area contributed by atoms with Crippen molar-refractivity contribution in [2.24, 2.45) is 0 Å². The van der Waals surface area contributed by atoms with Gasteiger partial charge in [-0.15, -0.1) is 11.3 Å². The molecule has 1 amide bonds. The molecule has 1 aromatic rings. The molecule has 0 unspecified atom stereocenters. The fourth-order valence-electron chi connectivity index (χ4n) is 1.86. The minimum Gasteiger partial charge on any atom is -0.450 e. The summed E-state index contributed by atoms with van der Waals surface area (Å²) in [5.41, 5.74) is 1.25. The molecule has 3 nitrogen and oxygen atoms in total. The molecule has 88 valence electrons. The molecule has 2 rings (SSSR count). The van der Waals surface area contributed by atoms with E-state index in [2.05, 4.69) is 22.0 Å². The zero-order chi connectivity index (χ0) is 11.5. The van der Waals surface area contributed by atoms with E-state index in [1.54, 1.807) is 16.2 Å². The van der Waals surface area contributed by atoms with E-state index in [0.29, 0.717) is 13.2 Å². The lowest BCUT2D eigenvalue weighted by molar-refractivity contribution is 0.105. The van der Waals surface area contributed by atoms with Gasteiger partial charge in [-0.2, -0.15) is 0 Å². The summed E-state index contributed by atoms with van der Waals surface area (Å²) in [6.07, 6.45) is 1.87. The van der Waals surface area contributed by atoms with E-state index in [0.717, 1.165) is 23.2 Å². The van der Waals surface area contributed by atoms with Gasteiger partial charge >= 0.3 is 6.09 Å². The monoisotopic (exact) mass is 303 g/mol. The molecule has 0 N–H and O–H groups in total. The first kappa shape index (κ1) is 11.9. The second kappa shape index (κ2) is 5.19. The summed E-state index contributed by atoms with van der Waals surface area (Å²) >= 11 is 5.26. The minimum absolute atomic E-state index is 0.197. The highest BCUT2D eigenvalue weighted by Crippen LogP contribution is 2.31. The van der Waals surface area contributed by atoms with Crippen LogP contribution in [-0.2, 0) is 17.7 Å². The van der Waals surface area contributed by atoms with Crippen molar-refractivity contribution >= 4 is 33.4 Å². The molecule has 1 aliphatic heterocycles. The van der Waals surface area contributed by atoms with E-state index >= 15 is 0 Å². The second-order valence-electron chi connectivity index (χ2n) is 3.72. The lowest BCUT2D eigenvalue weighted by Crippen LogP contribution is -2.31. The first-order valence-corrected chi connectivity index (χ1v) is 7.00. The van der Waals surface area contributed by atoms with Crippen LogP contribution in [0.15, 0.2) is 9.85 Å². The molecule has 0 atom stereocenters. The number of amides is 1. The van der Waals surface area contributed by atoms with Crippen molar-refractivity contribution in [1.29, 1.82) is 0 Å². The van der Waals surface area contributed by atoms with Crippen LogP contribution in [0.2, 0.25) is 0 Å². The van der Waals surface area contributed by atoms with Crippen LogP contribution < -0.4 is 0 Å². The third kappa shape index (κ3) is 2.58. The summed E-state index contributed by atoms with van der Waals surface area (Å²) < 4.78 is 6.18. The van der Waals surface area contributed by atoms with Gasteiger partial charge in [0, 0.05) is 11.4 Å². The Morgan fingerprint density at radius 1 is 1.69 bits per heavy atom. The largest absolute Gasteiger partial charge is 0.450 e. The quantitative estimate of drug-likeness (QED) is 0.795. The highest BCUT2D eigenvalue weighted by Gasteiger charge is 2.21. The third-order valence-electron chi connectivity index (χ3n) is 2.59. The number of aryl methyl sites for hydroxylation is 1. The van der Waals surface area contributed by atoms with Gasteiger partial charge in [-0.1, -0.05) is 0 Å². The maximum absolute atomic E-state index is 11.7. The van der Waals surface area contributed by atoms with Gasteiger partial charge in [0.25, 0.3) is 0 Å². The minimum atomic E-state index is -0.197. The van der Waals surface area contributed by atoms with Crippen LogP contribution in [-0.4, -0.2) is 24.1 Å². The first-order chi connectivity index (χ1) is 7.70. The van der Waals surface area contributed by atoms with Gasteiger partial charge in [0.05, 0.1) is 16.9 Å². The molecule has 0 fully saturated rings. The number of halogens is 1. The summed E-state index contributed by atoms with van der Waals surface area (Å²) in [7, 11) is 0. The number of carbonyl (C=O) groups is 1. The van der Waals surface area contributed by atoms with Crippen molar-refractivity contribution < 1.29 is 9.53 Å². The van der Waals surface area contributed by atoms with Crippen LogP contribution in [0.25, 0.3) is 0 Å². The number of ether oxygens (including phenoxy) is 1. The van der Waals surface area contributed by atoms with Crippen LogP contribution in [0.3, 0.4) is 0 Å². The first-order valence-electron chi connectivity index (χ1n) is 5.39. The number of nitrogens with zero attached hydrogens (tertiary/aromatic N) is 1. The van der Waals surface area contributed by atoms with E-state index < -0.39 is 0 Å². The van der Waals surface area contributed by atoms with Crippen LogP contribution >= 0.6 is 27.3 Å². The van der Waals surface area contributed by atoms with Crippen LogP contribution in [0.4, 0.5) is 4.79 Å². The van der Waals surface area contributed by atoms with Gasteiger partial charge in [-0.25, -0.2) is 4.79 Å². The summed E-state index contributed by atoms with van der Waals surface area (Å²) in [6, 6.07) is 2.11. The molecular formula is C11H14BrNO2S. The maximum atomic E-state index is 11.7. The Balaban J connectivity index is 2.12. The SMILES string of the molecule is CCOC(=O)N1CCCc2sc(Br)cc2C1. The van der Waals surface area contributed by atoms with E-state index in [-0.39, 0.29) is 6.09 Å². The molecule has 5 heteroatoms. The van der Waals surface area contributed by atoms with E-state index in [9.17, 15) is 4.79 Å². The molecule has 1 aromatic heterocycles. The van der Waals surface area contributed by atoms with Crippen LogP contribution in [0, 0.1) is 0 Å². The Morgan fingerprint density at radius 3 is 3.25 bits per heavy atom. The highest BCUT2D eigenvalue weighted by molar-refractivity contribution is 9.11. The zero-order valence-corrected chi connectivity index (χ0v) is 11.6. The second-order valence-corrected chi connectivity index (χ2v) is 6.24. The predicted molar refractivity (Wildman–Crippen MR) is 67.8 cm³/mol. The van der Waals surface area contributed by atoms with Gasteiger partial charge in [-0.3, -0.25) is 0 Å². The van der Waals surface area contributed by atoms with E-state index in [1.807, 2.05) is 6.92 Å². The normalized spacial score (nSPS) is 15.5. The van der Waals surface area contributed by atoms with Crippen molar-refractivity contribution in [2.45, 2.75) is 26.3 Å². The number of hydrogen-bond donors (Lipinski definition) is 0. The molecule has 0 saturated carbocycles. The fraction of sp³-hybridized carbons (Fsp3) is 0.545. The average Bonchev–Trinajstić information content (AvgIpc) is 2.46. The molecule has 1 aliphatic rings. The van der Waals surface area contributed by atoms with Gasteiger partial charge in [0.15, 0.2) is 0 Å². The molecular weight excluding hydrogens is 290 g/mol. The van der Waals surface area contributed by atoms with Gasteiger partial charge < -0.3 is 9.64 Å². The van der Waals surface area contributed by atoms with E-state index in [1.165, 1.54) is 10.4 Å². The molecule has 0 aromatic carbocycles. The van der Waals surface area contributed by atoms with Gasteiger partial charge in [-0.05, 0) is 47.3 Å². The van der Waals surface area contributed by atoms with Crippen molar-refractivity contribution in [3.8, 4) is 0 Å². The standard InChI is InChI=1S/C11H14BrNO2S/c1-2-15-11(14)13-5-3-4-9-8(7-13)6-10(12)16-9/h6H,2-5,7H2,1H3. The molecule has 0 aliphatic carbocycles. The summed E-state index contributed by atoms with van der Waals surface area (Å²) in [5.74, 6) is 0. The molecule has 0 radical (unpaired) electrons. The molecule has 0 saturated heterocycles. The average molecular weight is 304 g/mol. The topological polar surface area (TPSA) is 29.5 Å². The predicted octanol–water partition coefficient (Wildman–Crippen LogP) is 3.42. The molecule has 16 heavy (non-hydrogen) atoms. The van der Waals surface area contributed by atoms with Crippen LogP contribution in [0.5, 0.6) is 0 Å². The van der Waals surface area contributed by atoms with Crippen molar-refractivity contribution in [3.63, 3.8) is 0 Å². The summed E-state index contributed by atoms with van der Waals surface area (Å²) in [6.45, 7) is 3.74. The Bertz CT molecular complexity index is 391. The van der Waals surface area contributed by atoms with Crippen molar-refractivity contribution in [3.05, 3.63) is 20.3 Å². The Morgan fingerprint density at radius 2 is 2.50 bits per heavy atom. The molecule has 2 heterocycles. The lowest BCUT2D eigenvalue weighted by Gasteiger charge is -2.19. The van der Waals surface area contributed by atoms with Crippen LogP contribution in [0.1, 0.15) is 23.8 Å². The number of hydrogen-bond acceptors (Lipinski definition) is 3. The number of thiophene rings is 1. The molecule has 0 bridgehead atoms. The Labute approximate surface area is 108 Å². The highest BCUT2D eigenvalue weighted by atomic mass is 79.9. The zero-order valence-electron chi connectivity index (χ0n) is 9.16. The van der Waals surface area contributed by atoms with E-state index in [4.69, 9.17) is 4.74 Å². The third-order valence-corrected chi connectivity index (χ3v) is 4.33. The number of rotatable bonds is 1. The van der Waals surface area contributed by atoms with Crippen molar-refractivity contribution in [1.82, 2.24) is 4.90 Å². The van der Waals surface area contributed by atoms with Gasteiger partial charge in [0.1, 0.15) is 0 Å². The van der Waals surface area contributed by atoms with Crippen molar-refractivity contribution in [2.75, 3.05) is 13.2 Å². The summed E-state index contributed by atoms with van der Waals surface area (Å²) in [5, 5.41) is 0. The maximum Gasteiger partial charge on any atom is 0.410 e. The summed E-state index contributed by atoms with van der Waals surface area (Å²) in [4.78, 5) is 14.8. The number of carbonyl (C=O) groups excluding carboxylic acids is 1.